The number of nitrogens with one attached hydrogen (secondary N) is 1. The van der Waals surface area contributed by atoms with Crippen LogP contribution >= 0.6 is 0 Å². The van der Waals surface area contributed by atoms with Crippen molar-refractivity contribution < 1.29 is 14.3 Å². The van der Waals surface area contributed by atoms with Crippen LogP contribution < -0.4 is 15.0 Å². The van der Waals surface area contributed by atoms with E-state index in [4.69, 9.17) is 9.47 Å². The zero-order valence-electron chi connectivity index (χ0n) is 19.1. The Morgan fingerprint density at radius 3 is 2.65 bits per heavy atom. The van der Waals surface area contributed by atoms with Gasteiger partial charge < -0.3 is 24.6 Å². The topological polar surface area (TPSA) is 71.9 Å². The average molecular weight is 428 g/mol. The molecule has 1 aromatic carbocycles. The lowest BCUT2D eigenvalue weighted by Crippen LogP contribution is -2.41. The summed E-state index contributed by atoms with van der Waals surface area (Å²) in [6.07, 6.45) is 2.82. The van der Waals surface area contributed by atoms with Crippen LogP contribution in [0.15, 0.2) is 30.3 Å². The predicted molar refractivity (Wildman–Crippen MR) is 122 cm³/mol. The number of aryl methyl sites for hydroxylation is 2. The minimum atomic E-state index is -0.0455. The SMILES string of the molecule is C/C=C(\OC)c1ccc(N2CCCN(C(=O)NCc3cc(C)n(C)n3)CC2)cc1OC. The largest absolute Gasteiger partial charge is 0.496 e. The molecule has 2 aromatic rings. The normalized spacial score (nSPS) is 14.9. The van der Waals surface area contributed by atoms with E-state index in [0.29, 0.717) is 13.1 Å². The van der Waals surface area contributed by atoms with Gasteiger partial charge in [-0.1, -0.05) is 0 Å². The van der Waals surface area contributed by atoms with Gasteiger partial charge >= 0.3 is 6.03 Å². The van der Waals surface area contributed by atoms with Crippen molar-refractivity contribution >= 4 is 17.5 Å². The van der Waals surface area contributed by atoms with Gasteiger partial charge in [-0.3, -0.25) is 4.68 Å². The van der Waals surface area contributed by atoms with Gasteiger partial charge in [0.05, 0.1) is 32.0 Å². The smallest absolute Gasteiger partial charge is 0.317 e. The minimum absolute atomic E-state index is 0.0455. The first-order valence-electron chi connectivity index (χ1n) is 10.6. The fourth-order valence-corrected chi connectivity index (χ4v) is 3.84. The van der Waals surface area contributed by atoms with E-state index in [0.717, 1.165) is 60.2 Å². The van der Waals surface area contributed by atoms with Gasteiger partial charge in [0.1, 0.15) is 11.5 Å². The minimum Gasteiger partial charge on any atom is -0.496 e. The molecule has 1 fully saturated rings. The molecule has 0 unspecified atom stereocenters. The van der Waals surface area contributed by atoms with Crippen LogP contribution in [0, 0.1) is 6.92 Å². The van der Waals surface area contributed by atoms with E-state index in [-0.39, 0.29) is 6.03 Å². The zero-order chi connectivity index (χ0) is 22.4. The van der Waals surface area contributed by atoms with Gasteiger partial charge in [0.15, 0.2) is 0 Å². The van der Waals surface area contributed by atoms with E-state index >= 15 is 0 Å². The molecule has 1 saturated heterocycles. The molecular weight excluding hydrogens is 394 g/mol. The number of hydrogen-bond donors (Lipinski definition) is 1. The van der Waals surface area contributed by atoms with Gasteiger partial charge in [-0.25, -0.2) is 4.79 Å². The highest BCUT2D eigenvalue weighted by Gasteiger charge is 2.20. The molecule has 1 aliphatic heterocycles. The summed E-state index contributed by atoms with van der Waals surface area (Å²) in [4.78, 5) is 16.8. The molecule has 1 aromatic heterocycles. The van der Waals surface area contributed by atoms with E-state index in [1.54, 1.807) is 14.2 Å². The summed E-state index contributed by atoms with van der Waals surface area (Å²) in [6, 6.07) is 8.09. The number of carbonyl (C=O) groups excluding carboxylic acids is 1. The van der Waals surface area contributed by atoms with Crippen molar-refractivity contribution in [1.29, 1.82) is 0 Å². The highest BCUT2D eigenvalue weighted by Crippen LogP contribution is 2.31. The number of rotatable bonds is 6. The first kappa shape index (κ1) is 22.5. The molecule has 0 atom stereocenters. The van der Waals surface area contributed by atoms with Crippen LogP contribution in [0.1, 0.15) is 30.3 Å². The van der Waals surface area contributed by atoms with Gasteiger partial charge in [-0.2, -0.15) is 5.10 Å². The molecule has 31 heavy (non-hydrogen) atoms. The van der Waals surface area contributed by atoms with Crippen LogP contribution in [0.25, 0.3) is 5.76 Å². The molecular formula is C23H33N5O3. The van der Waals surface area contributed by atoms with E-state index in [9.17, 15) is 4.79 Å². The lowest BCUT2D eigenvalue weighted by atomic mass is 10.1. The molecule has 168 valence electrons. The van der Waals surface area contributed by atoms with Gasteiger partial charge in [-0.15, -0.1) is 0 Å². The highest BCUT2D eigenvalue weighted by atomic mass is 16.5. The Labute approximate surface area is 184 Å². The molecule has 1 aliphatic rings. The third-order valence-corrected chi connectivity index (χ3v) is 5.67. The lowest BCUT2D eigenvalue weighted by molar-refractivity contribution is 0.201. The third-order valence-electron chi connectivity index (χ3n) is 5.67. The Morgan fingerprint density at radius 2 is 2.00 bits per heavy atom. The van der Waals surface area contributed by atoms with Crippen LogP contribution in [0.4, 0.5) is 10.5 Å². The van der Waals surface area contributed by atoms with Gasteiger partial charge in [-0.05, 0) is 44.5 Å². The monoisotopic (exact) mass is 427 g/mol. The van der Waals surface area contributed by atoms with E-state index in [1.807, 2.05) is 54.8 Å². The Hall–Kier alpha value is -3.16. The second-order valence-corrected chi connectivity index (χ2v) is 7.63. The van der Waals surface area contributed by atoms with Crippen molar-refractivity contribution in [3.05, 3.63) is 47.3 Å². The second-order valence-electron chi connectivity index (χ2n) is 7.63. The van der Waals surface area contributed by atoms with Crippen LogP contribution in [-0.4, -0.2) is 61.1 Å². The Bertz CT molecular complexity index is 918. The fraction of sp³-hybridized carbons (Fsp3) is 0.478. The first-order chi connectivity index (χ1) is 15.0. The van der Waals surface area contributed by atoms with E-state index < -0.39 is 0 Å². The zero-order valence-corrected chi connectivity index (χ0v) is 19.1. The number of methoxy groups -OCH3 is 2. The maximum absolute atomic E-state index is 12.7. The number of nitrogens with zero attached hydrogens (tertiary/aromatic N) is 4. The molecule has 0 aliphatic carbocycles. The molecule has 2 heterocycles. The van der Waals surface area contributed by atoms with Gasteiger partial charge in [0, 0.05) is 50.7 Å². The Morgan fingerprint density at radius 1 is 1.19 bits per heavy atom. The molecule has 8 nitrogen and oxygen atoms in total. The van der Waals surface area contributed by atoms with E-state index in [2.05, 4.69) is 21.4 Å². The number of carbonyl (C=O) groups is 1. The molecule has 2 amide bonds. The Kier molecular flexibility index (Phi) is 7.44. The van der Waals surface area contributed by atoms with Crippen molar-refractivity contribution in [2.45, 2.75) is 26.8 Å². The van der Waals surface area contributed by atoms with Gasteiger partial charge in [0.25, 0.3) is 0 Å². The number of aromatic nitrogens is 2. The summed E-state index contributed by atoms with van der Waals surface area (Å²) >= 11 is 0. The number of allylic oxidation sites excluding steroid dienone is 1. The van der Waals surface area contributed by atoms with Crippen molar-refractivity contribution in [2.24, 2.45) is 7.05 Å². The molecule has 0 saturated carbocycles. The molecule has 8 heteroatoms. The molecule has 0 spiro atoms. The van der Waals surface area contributed by atoms with Crippen LogP contribution in [0.3, 0.4) is 0 Å². The van der Waals surface area contributed by atoms with Crippen LogP contribution in [0.2, 0.25) is 0 Å². The second kappa shape index (κ2) is 10.2. The van der Waals surface area contributed by atoms with Crippen molar-refractivity contribution in [1.82, 2.24) is 20.0 Å². The standard InChI is InChI=1S/C23H33N5O3/c1-6-21(30-4)20-9-8-19(15-22(20)31-5)27-10-7-11-28(13-12-27)23(29)24-16-18-14-17(2)26(3)25-18/h6,8-9,14-15H,7,10-13,16H2,1-5H3,(H,24,29)/b21-6-. The van der Waals surface area contributed by atoms with Crippen LogP contribution in [0.5, 0.6) is 5.75 Å². The summed E-state index contributed by atoms with van der Waals surface area (Å²) in [5.74, 6) is 1.56. The number of hydrogen-bond acceptors (Lipinski definition) is 5. The predicted octanol–water partition coefficient (Wildman–Crippen LogP) is 3.17. The number of benzene rings is 1. The first-order valence-corrected chi connectivity index (χ1v) is 10.6. The summed E-state index contributed by atoms with van der Waals surface area (Å²) in [6.45, 7) is 7.41. The highest BCUT2D eigenvalue weighted by molar-refractivity contribution is 5.74. The lowest BCUT2D eigenvalue weighted by Gasteiger charge is -2.25. The van der Waals surface area contributed by atoms with Crippen molar-refractivity contribution in [2.75, 3.05) is 45.3 Å². The number of ether oxygens (including phenoxy) is 2. The number of amides is 2. The number of urea groups is 1. The molecule has 3 rings (SSSR count). The Balaban J connectivity index is 1.62. The quantitative estimate of drug-likeness (QED) is 0.717. The van der Waals surface area contributed by atoms with Gasteiger partial charge in [0.2, 0.25) is 0 Å². The molecule has 1 N–H and O–H groups in total. The summed E-state index contributed by atoms with van der Waals surface area (Å²) in [5, 5.41) is 7.39. The van der Waals surface area contributed by atoms with Crippen molar-refractivity contribution in [3.63, 3.8) is 0 Å². The molecule has 0 radical (unpaired) electrons. The maximum atomic E-state index is 12.7. The van der Waals surface area contributed by atoms with E-state index in [1.165, 1.54) is 0 Å². The van der Waals surface area contributed by atoms with Crippen LogP contribution in [-0.2, 0) is 18.3 Å². The molecule has 0 bridgehead atoms. The van der Waals surface area contributed by atoms with Crippen molar-refractivity contribution in [3.8, 4) is 5.75 Å². The summed E-state index contributed by atoms with van der Waals surface area (Å²) in [5.41, 5.74) is 3.95. The fourth-order valence-electron chi connectivity index (χ4n) is 3.84. The summed E-state index contributed by atoms with van der Waals surface area (Å²) in [7, 11) is 5.23. The maximum Gasteiger partial charge on any atom is 0.317 e. The number of anilines is 1. The summed E-state index contributed by atoms with van der Waals surface area (Å²) < 4.78 is 12.9. The third kappa shape index (κ3) is 5.31. The average Bonchev–Trinajstić information content (AvgIpc) is 2.96.